The third kappa shape index (κ3) is 6.94. The zero-order chi connectivity index (χ0) is 23.5. The maximum Gasteiger partial charge on any atom is 0.274 e. The van der Waals surface area contributed by atoms with E-state index in [0.717, 1.165) is 24.1 Å². The first-order valence-electron chi connectivity index (χ1n) is 11.2. The highest BCUT2D eigenvalue weighted by Gasteiger charge is 2.22. The van der Waals surface area contributed by atoms with E-state index in [9.17, 15) is 4.79 Å². The van der Waals surface area contributed by atoms with Crippen LogP contribution in [-0.2, 0) is 9.47 Å². The monoisotopic (exact) mass is 456 g/mol. The van der Waals surface area contributed by atoms with Crippen molar-refractivity contribution in [3.8, 4) is 17.2 Å². The maximum absolute atomic E-state index is 13.1. The summed E-state index contributed by atoms with van der Waals surface area (Å²) in [6, 6.07) is 12.9. The molecule has 0 radical (unpaired) electrons. The molecule has 0 atom stereocenters. The maximum atomic E-state index is 13.1. The Balaban J connectivity index is 1.68. The van der Waals surface area contributed by atoms with Gasteiger partial charge < -0.3 is 23.7 Å². The molecule has 1 amide bonds. The fourth-order valence-corrected chi connectivity index (χ4v) is 3.45. The summed E-state index contributed by atoms with van der Waals surface area (Å²) in [5, 5.41) is 6.17. The van der Waals surface area contributed by atoms with Crippen molar-refractivity contribution in [2.75, 3.05) is 53.8 Å². The van der Waals surface area contributed by atoms with Gasteiger partial charge in [-0.1, -0.05) is 6.07 Å². The van der Waals surface area contributed by atoms with Gasteiger partial charge in [0, 0.05) is 24.8 Å². The second-order valence-corrected chi connectivity index (χ2v) is 7.36. The van der Waals surface area contributed by atoms with E-state index >= 15 is 0 Å². The Hall–Kier alpha value is -3.10. The van der Waals surface area contributed by atoms with E-state index in [1.54, 1.807) is 32.4 Å². The number of methoxy groups -OCH3 is 2. The van der Waals surface area contributed by atoms with E-state index in [1.165, 1.54) is 5.01 Å². The Morgan fingerprint density at radius 3 is 2.64 bits per heavy atom. The first-order chi connectivity index (χ1) is 16.2. The van der Waals surface area contributed by atoms with Crippen LogP contribution in [0.25, 0.3) is 0 Å². The normalized spacial score (nSPS) is 13.4. The number of carbonyl (C=O) groups excluding carboxylic acids is 1. The molecule has 8 nitrogen and oxygen atoms in total. The molecule has 3 rings (SSSR count). The summed E-state index contributed by atoms with van der Waals surface area (Å²) in [5.74, 6) is 1.80. The van der Waals surface area contributed by atoms with Crippen molar-refractivity contribution in [3.63, 3.8) is 0 Å². The molecule has 0 spiro atoms. The number of amides is 1. The molecule has 0 aromatic heterocycles. The summed E-state index contributed by atoms with van der Waals surface area (Å²) in [6.45, 7) is 4.94. The van der Waals surface area contributed by atoms with E-state index in [0.29, 0.717) is 62.4 Å². The molecule has 0 saturated carbocycles. The molecule has 8 heteroatoms. The van der Waals surface area contributed by atoms with Crippen molar-refractivity contribution in [2.24, 2.45) is 5.10 Å². The van der Waals surface area contributed by atoms with Crippen molar-refractivity contribution in [3.05, 3.63) is 53.6 Å². The van der Waals surface area contributed by atoms with E-state index in [4.69, 9.17) is 23.7 Å². The van der Waals surface area contributed by atoms with Crippen LogP contribution in [0.2, 0.25) is 0 Å². The number of hydrogen-bond acceptors (Lipinski definition) is 7. The Bertz CT molecular complexity index is 946. The lowest BCUT2D eigenvalue weighted by atomic mass is 10.0. The van der Waals surface area contributed by atoms with Crippen LogP contribution in [-0.4, -0.2) is 70.4 Å². The SMILES string of the molecule is CCOc1cc(C2=NN(C(=O)c3cccc(OCCOCCOC)c3)CCC2)ccc1OC. The minimum Gasteiger partial charge on any atom is -0.493 e. The molecule has 33 heavy (non-hydrogen) atoms. The third-order valence-corrected chi connectivity index (χ3v) is 5.07. The number of hydrazone groups is 1. The molecule has 2 aromatic rings. The van der Waals surface area contributed by atoms with E-state index in [-0.39, 0.29) is 5.91 Å². The van der Waals surface area contributed by atoms with Gasteiger partial charge in [0.2, 0.25) is 0 Å². The molecular weight excluding hydrogens is 424 g/mol. The summed E-state index contributed by atoms with van der Waals surface area (Å²) in [4.78, 5) is 13.1. The van der Waals surface area contributed by atoms with Crippen LogP contribution in [0.3, 0.4) is 0 Å². The average molecular weight is 457 g/mol. The molecule has 178 valence electrons. The van der Waals surface area contributed by atoms with Crippen LogP contribution in [0.1, 0.15) is 35.7 Å². The van der Waals surface area contributed by atoms with Gasteiger partial charge in [0.25, 0.3) is 5.91 Å². The van der Waals surface area contributed by atoms with Crippen LogP contribution >= 0.6 is 0 Å². The molecule has 1 heterocycles. The summed E-state index contributed by atoms with van der Waals surface area (Å²) in [7, 11) is 3.25. The third-order valence-electron chi connectivity index (χ3n) is 5.07. The second-order valence-electron chi connectivity index (χ2n) is 7.36. The highest BCUT2D eigenvalue weighted by Crippen LogP contribution is 2.29. The van der Waals surface area contributed by atoms with Gasteiger partial charge in [-0.15, -0.1) is 0 Å². The van der Waals surface area contributed by atoms with Gasteiger partial charge in [0.15, 0.2) is 11.5 Å². The topological polar surface area (TPSA) is 78.8 Å². The molecule has 0 aliphatic carbocycles. The summed E-state index contributed by atoms with van der Waals surface area (Å²) >= 11 is 0. The number of ether oxygens (including phenoxy) is 5. The predicted molar refractivity (Wildman–Crippen MR) is 126 cm³/mol. The Morgan fingerprint density at radius 2 is 1.85 bits per heavy atom. The minimum absolute atomic E-state index is 0.160. The van der Waals surface area contributed by atoms with E-state index in [2.05, 4.69) is 5.10 Å². The van der Waals surface area contributed by atoms with Gasteiger partial charge in [-0.05, 0) is 56.2 Å². The second kappa shape index (κ2) is 12.8. The first kappa shape index (κ1) is 24.5. The first-order valence-corrected chi connectivity index (χ1v) is 11.2. The average Bonchev–Trinajstić information content (AvgIpc) is 2.86. The van der Waals surface area contributed by atoms with Gasteiger partial charge in [-0.25, -0.2) is 5.01 Å². The van der Waals surface area contributed by atoms with Gasteiger partial charge in [0.05, 0.1) is 39.2 Å². The van der Waals surface area contributed by atoms with Crippen LogP contribution in [0.4, 0.5) is 0 Å². The van der Waals surface area contributed by atoms with Crippen LogP contribution in [0, 0.1) is 0 Å². The van der Waals surface area contributed by atoms with Crippen LogP contribution < -0.4 is 14.2 Å². The zero-order valence-corrected chi connectivity index (χ0v) is 19.5. The zero-order valence-electron chi connectivity index (χ0n) is 19.5. The van der Waals surface area contributed by atoms with Gasteiger partial charge in [-0.3, -0.25) is 4.79 Å². The molecular formula is C25H32N2O6. The fraction of sp³-hybridized carbons (Fsp3) is 0.440. The summed E-state index contributed by atoms with van der Waals surface area (Å²) in [5.41, 5.74) is 2.30. The molecule has 0 fully saturated rings. The van der Waals surface area contributed by atoms with Gasteiger partial charge in [0.1, 0.15) is 12.4 Å². The predicted octanol–water partition coefficient (Wildman–Crippen LogP) is 3.78. The Kier molecular flexibility index (Phi) is 9.53. The highest BCUT2D eigenvalue weighted by molar-refractivity contribution is 6.03. The van der Waals surface area contributed by atoms with E-state index in [1.807, 2.05) is 31.2 Å². The number of hydrogen-bond donors (Lipinski definition) is 0. The lowest BCUT2D eigenvalue weighted by Gasteiger charge is -2.24. The Labute approximate surface area is 195 Å². The van der Waals surface area contributed by atoms with Crippen LogP contribution in [0.15, 0.2) is 47.6 Å². The highest BCUT2D eigenvalue weighted by atomic mass is 16.5. The van der Waals surface area contributed by atoms with Gasteiger partial charge >= 0.3 is 0 Å². The number of rotatable bonds is 12. The van der Waals surface area contributed by atoms with Crippen LogP contribution in [0.5, 0.6) is 17.2 Å². The molecule has 0 saturated heterocycles. The largest absolute Gasteiger partial charge is 0.493 e. The number of benzene rings is 2. The fourth-order valence-electron chi connectivity index (χ4n) is 3.45. The molecule has 0 bridgehead atoms. The summed E-state index contributed by atoms with van der Waals surface area (Å²) in [6.07, 6.45) is 1.61. The van der Waals surface area contributed by atoms with Crippen molar-refractivity contribution >= 4 is 11.6 Å². The smallest absolute Gasteiger partial charge is 0.274 e. The molecule has 2 aromatic carbocycles. The Morgan fingerprint density at radius 1 is 1.00 bits per heavy atom. The molecule has 1 aliphatic heterocycles. The standard InChI is InChI=1S/C25H32N2O6/c1-4-32-24-18-19(10-11-23(24)30-3)22-9-6-12-27(26-22)25(28)20-7-5-8-21(17-20)33-16-15-31-14-13-29-2/h5,7-8,10-11,17-18H,4,6,9,12-16H2,1-3H3. The number of nitrogens with zero attached hydrogens (tertiary/aromatic N) is 2. The number of carbonyl (C=O) groups is 1. The quantitative estimate of drug-likeness (QED) is 0.453. The molecule has 0 N–H and O–H groups in total. The lowest BCUT2D eigenvalue weighted by Crippen LogP contribution is -2.32. The summed E-state index contributed by atoms with van der Waals surface area (Å²) < 4.78 is 27.1. The van der Waals surface area contributed by atoms with Crippen molar-refractivity contribution in [1.82, 2.24) is 5.01 Å². The molecule has 0 unspecified atom stereocenters. The lowest BCUT2D eigenvalue weighted by molar-refractivity contribution is 0.0544. The van der Waals surface area contributed by atoms with Crippen molar-refractivity contribution in [1.29, 1.82) is 0 Å². The van der Waals surface area contributed by atoms with Gasteiger partial charge in [-0.2, -0.15) is 5.10 Å². The van der Waals surface area contributed by atoms with Crippen molar-refractivity contribution in [2.45, 2.75) is 19.8 Å². The minimum atomic E-state index is -0.160. The van der Waals surface area contributed by atoms with Crippen molar-refractivity contribution < 1.29 is 28.5 Å². The van der Waals surface area contributed by atoms with E-state index < -0.39 is 0 Å². The molecule has 1 aliphatic rings.